The van der Waals surface area contributed by atoms with Crippen molar-refractivity contribution >= 4 is 15.7 Å². The third-order valence-electron chi connectivity index (χ3n) is 3.92. The van der Waals surface area contributed by atoms with E-state index in [1.807, 2.05) is 0 Å². The standard InChI is InChI=1S/C12H23N3O3S/c13-10-1-5-15(6-2-10)9-12(16)14-11-3-7-19(17,18)8-4-11/h10-11H,1-9,13H2,(H,14,16). The summed E-state index contributed by atoms with van der Waals surface area (Å²) in [5, 5.41) is 2.94. The SMILES string of the molecule is NC1CCN(CC(=O)NC2CCS(=O)(=O)CC2)CC1. The van der Waals surface area contributed by atoms with Crippen molar-refractivity contribution in [1.29, 1.82) is 0 Å². The average Bonchev–Trinajstić information content (AvgIpc) is 2.35. The molecule has 2 aliphatic heterocycles. The fourth-order valence-corrected chi connectivity index (χ4v) is 4.11. The molecule has 0 radical (unpaired) electrons. The van der Waals surface area contributed by atoms with E-state index in [0.29, 0.717) is 19.4 Å². The molecule has 2 aliphatic rings. The predicted molar refractivity (Wildman–Crippen MR) is 73.5 cm³/mol. The highest BCUT2D eigenvalue weighted by Crippen LogP contribution is 2.12. The van der Waals surface area contributed by atoms with Crippen LogP contribution in [0.15, 0.2) is 0 Å². The van der Waals surface area contributed by atoms with Gasteiger partial charge in [0.25, 0.3) is 0 Å². The monoisotopic (exact) mass is 289 g/mol. The lowest BCUT2D eigenvalue weighted by atomic mass is 10.1. The maximum atomic E-state index is 11.9. The number of hydrogen-bond acceptors (Lipinski definition) is 5. The van der Waals surface area contributed by atoms with E-state index in [1.54, 1.807) is 0 Å². The molecule has 2 rings (SSSR count). The van der Waals surface area contributed by atoms with Gasteiger partial charge in [0.15, 0.2) is 0 Å². The summed E-state index contributed by atoms with van der Waals surface area (Å²) in [7, 11) is -2.86. The van der Waals surface area contributed by atoms with Gasteiger partial charge in [0, 0.05) is 25.2 Å². The third kappa shape index (κ3) is 4.74. The molecule has 110 valence electrons. The molecule has 0 unspecified atom stereocenters. The van der Waals surface area contributed by atoms with Crippen LogP contribution in [-0.4, -0.2) is 62.4 Å². The van der Waals surface area contributed by atoms with Crippen molar-refractivity contribution in [2.75, 3.05) is 31.1 Å². The van der Waals surface area contributed by atoms with Crippen LogP contribution in [0.1, 0.15) is 25.7 Å². The number of piperidine rings is 1. The van der Waals surface area contributed by atoms with Gasteiger partial charge in [-0.25, -0.2) is 8.42 Å². The Kier molecular flexibility index (Phi) is 4.81. The third-order valence-corrected chi connectivity index (χ3v) is 5.63. The molecule has 0 bridgehead atoms. The van der Waals surface area contributed by atoms with E-state index in [-0.39, 0.29) is 29.5 Å². The van der Waals surface area contributed by atoms with Gasteiger partial charge in [-0.1, -0.05) is 0 Å². The molecule has 0 atom stereocenters. The van der Waals surface area contributed by atoms with Crippen LogP contribution < -0.4 is 11.1 Å². The van der Waals surface area contributed by atoms with Gasteiger partial charge in [0.2, 0.25) is 5.91 Å². The summed E-state index contributed by atoms with van der Waals surface area (Å²) in [4.78, 5) is 14.0. The summed E-state index contributed by atoms with van der Waals surface area (Å²) in [5.74, 6) is 0.382. The number of sulfone groups is 1. The molecule has 0 aliphatic carbocycles. The van der Waals surface area contributed by atoms with Crippen LogP contribution in [0.2, 0.25) is 0 Å². The molecule has 2 heterocycles. The Morgan fingerprint density at radius 3 is 2.32 bits per heavy atom. The molecule has 3 N–H and O–H groups in total. The molecule has 0 aromatic heterocycles. The number of amides is 1. The Bertz CT molecular complexity index is 402. The van der Waals surface area contributed by atoms with Crippen molar-refractivity contribution in [3.05, 3.63) is 0 Å². The first-order valence-electron chi connectivity index (χ1n) is 6.92. The Labute approximate surface area is 114 Å². The lowest BCUT2D eigenvalue weighted by molar-refractivity contribution is -0.123. The number of nitrogens with two attached hydrogens (primary N) is 1. The number of hydrogen-bond donors (Lipinski definition) is 2. The summed E-state index contributed by atoms with van der Waals surface area (Å²) in [6.45, 7) is 2.14. The van der Waals surface area contributed by atoms with E-state index in [9.17, 15) is 13.2 Å². The van der Waals surface area contributed by atoms with Crippen LogP contribution in [0, 0.1) is 0 Å². The molecular formula is C12H23N3O3S. The molecule has 2 saturated heterocycles. The maximum Gasteiger partial charge on any atom is 0.234 e. The van der Waals surface area contributed by atoms with Crippen molar-refractivity contribution in [3.63, 3.8) is 0 Å². The lowest BCUT2D eigenvalue weighted by Crippen LogP contribution is -2.48. The second kappa shape index (κ2) is 6.19. The lowest BCUT2D eigenvalue weighted by Gasteiger charge is -2.30. The summed E-state index contributed by atoms with van der Waals surface area (Å²) in [6, 6.07) is 0.283. The zero-order chi connectivity index (χ0) is 13.9. The van der Waals surface area contributed by atoms with Crippen molar-refractivity contribution in [3.8, 4) is 0 Å². The molecule has 6 nitrogen and oxygen atoms in total. The quantitative estimate of drug-likeness (QED) is 0.702. The Hall–Kier alpha value is -0.660. The van der Waals surface area contributed by atoms with Crippen molar-refractivity contribution in [1.82, 2.24) is 10.2 Å². The highest BCUT2D eigenvalue weighted by atomic mass is 32.2. The molecule has 0 saturated carbocycles. The predicted octanol–water partition coefficient (Wildman–Crippen LogP) is -0.897. The topological polar surface area (TPSA) is 92.5 Å². The number of carbonyl (C=O) groups is 1. The Morgan fingerprint density at radius 2 is 1.74 bits per heavy atom. The van der Waals surface area contributed by atoms with Gasteiger partial charge in [0.1, 0.15) is 9.84 Å². The van der Waals surface area contributed by atoms with Gasteiger partial charge in [-0.05, 0) is 25.7 Å². The second-order valence-corrected chi connectivity index (χ2v) is 7.91. The first-order chi connectivity index (χ1) is 8.94. The van der Waals surface area contributed by atoms with Crippen molar-refractivity contribution in [2.45, 2.75) is 37.8 Å². The van der Waals surface area contributed by atoms with E-state index in [0.717, 1.165) is 25.9 Å². The molecule has 19 heavy (non-hydrogen) atoms. The van der Waals surface area contributed by atoms with Gasteiger partial charge in [-0.2, -0.15) is 0 Å². The van der Waals surface area contributed by atoms with E-state index in [4.69, 9.17) is 5.73 Å². The first-order valence-corrected chi connectivity index (χ1v) is 8.74. The average molecular weight is 289 g/mol. The minimum atomic E-state index is -2.86. The summed E-state index contributed by atoms with van der Waals surface area (Å²) in [6.07, 6.45) is 2.96. The molecular weight excluding hydrogens is 266 g/mol. The second-order valence-electron chi connectivity index (χ2n) is 5.61. The molecule has 0 aromatic carbocycles. The molecule has 7 heteroatoms. The van der Waals surface area contributed by atoms with Gasteiger partial charge < -0.3 is 11.1 Å². The highest BCUT2D eigenvalue weighted by molar-refractivity contribution is 7.91. The number of nitrogens with zero attached hydrogens (tertiary/aromatic N) is 1. The number of rotatable bonds is 3. The van der Waals surface area contributed by atoms with Gasteiger partial charge in [-0.15, -0.1) is 0 Å². The van der Waals surface area contributed by atoms with E-state index < -0.39 is 9.84 Å². The van der Waals surface area contributed by atoms with E-state index in [2.05, 4.69) is 10.2 Å². The summed E-state index contributed by atoms with van der Waals surface area (Å²) >= 11 is 0. The number of nitrogens with one attached hydrogen (secondary N) is 1. The van der Waals surface area contributed by atoms with E-state index >= 15 is 0 Å². The van der Waals surface area contributed by atoms with Crippen LogP contribution in [0.3, 0.4) is 0 Å². The maximum absolute atomic E-state index is 11.9. The normalized spacial score (nSPS) is 26.2. The molecule has 0 spiro atoms. The number of carbonyl (C=O) groups excluding carboxylic acids is 1. The minimum absolute atomic E-state index is 0.000214. The highest BCUT2D eigenvalue weighted by Gasteiger charge is 2.25. The zero-order valence-corrected chi connectivity index (χ0v) is 12.0. The van der Waals surface area contributed by atoms with Gasteiger partial charge in [-0.3, -0.25) is 9.69 Å². The van der Waals surface area contributed by atoms with Crippen LogP contribution in [0.25, 0.3) is 0 Å². The molecule has 0 aromatic rings. The van der Waals surface area contributed by atoms with Crippen LogP contribution >= 0.6 is 0 Å². The van der Waals surface area contributed by atoms with E-state index in [1.165, 1.54) is 0 Å². The first kappa shape index (κ1) is 14.7. The zero-order valence-electron chi connectivity index (χ0n) is 11.2. The summed E-state index contributed by atoms with van der Waals surface area (Å²) in [5.41, 5.74) is 5.82. The Morgan fingerprint density at radius 1 is 1.16 bits per heavy atom. The smallest absolute Gasteiger partial charge is 0.234 e. The van der Waals surface area contributed by atoms with Crippen LogP contribution in [0.4, 0.5) is 0 Å². The molecule has 1 amide bonds. The Balaban J connectivity index is 1.70. The van der Waals surface area contributed by atoms with Gasteiger partial charge in [0.05, 0.1) is 18.1 Å². The van der Waals surface area contributed by atoms with Gasteiger partial charge >= 0.3 is 0 Å². The van der Waals surface area contributed by atoms with Crippen LogP contribution in [0.5, 0.6) is 0 Å². The largest absolute Gasteiger partial charge is 0.352 e. The summed E-state index contributed by atoms with van der Waals surface area (Å²) < 4.78 is 22.6. The fraction of sp³-hybridized carbons (Fsp3) is 0.917. The minimum Gasteiger partial charge on any atom is -0.352 e. The van der Waals surface area contributed by atoms with Crippen molar-refractivity contribution in [2.24, 2.45) is 5.73 Å². The molecule has 2 fully saturated rings. The number of likely N-dealkylation sites (tertiary alicyclic amines) is 1. The fourth-order valence-electron chi connectivity index (χ4n) is 2.62. The van der Waals surface area contributed by atoms with Crippen molar-refractivity contribution < 1.29 is 13.2 Å². The van der Waals surface area contributed by atoms with Crippen LogP contribution in [-0.2, 0) is 14.6 Å².